The van der Waals surface area contributed by atoms with Crippen molar-refractivity contribution in [3.8, 4) is 0 Å². The van der Waals surface area contributed by atoms with E-state index in [2.05, 4.69) is 5.10 Å². The van der Waals surface area contributed by atoms with Crippen molar-refractivity contribution in [2.24, 2.45) is 5.10 Å². The molecule has 11 heavy (non-hydrogen) atoms. The minimum absolute atomic E-state index is 0.170. The predicted molar refractivity (Wildman–Crippen MR) is 43.3 cm³/mol. The van der Waals surface area contributed by atoms with Gasteiger partial charge in [0.15, 0.2) is 0 Å². The zero-order valence-electron chi connectivity index (χ0n) is 6.90. The average molecular weight is 156 g/mol. The van der Waals surface area contributed by atoms with E-state index in [1.54, 1.807) is 20.9 Å². The molecule has 0 unspecified atom stereocenters. The minimum Gasteiger partial charge on any atom is -0.477 e. The summed E-state index contributed by atoms with van der Waals surface area (Å²) in [6, 6.07) is 0. The minimum atomic E-state index is -0.972. The molecule has 0 atom stereocenters. The van der Waals surface area contributed by atoms with Crippen molar-refractivity contribution in [2.45, 2.75) is 13.8 Å². The Morgan fingerprint density at radius 2 is 2.09 bits per heavy atom. The summed E-state index contributed by atoms with van der Waals surface area (Å²) in [6.45, 7) is 3.39. The van der Waals surface area contributed by atoms with Crippen LogP contribution in [0.1, 0.15) is 13.8 Å². The van der Waals surface area contributed by atoms with Crippen molar-refractivity contribution in [2.75, 3.05) is 7.05 Å². The van der Waals surface area contributed by atoms with Crippen LogP contribution in [0.2, 0.25) is 0 Å². The summed E-state index contributed by atoms with van der Waals surface area (Å²) < 4.78 is 0. The van der Waals surface area contributed by atoms with Gasteiger partial charge >= 0.3 is 5.97 Å². The van der Waals surface area contributed by atoms with Crippen molar-refractivity contribution in [3.05, 3.63) is 11.8 Å². The van der Waals surface area contributed by atoms with Crippen molar-refractivity contribution in [1.82, 2.24) is 5.01 Å². The van der Waals surface area contributed by atoms with Gasteiger partial charge in [-0.2, -0.15) is 5.10 Å². The number of carboxylic acid groups (broad SMARTS) is 1. The number of hydrazone groups is 1. The Morgan fingerprint density at radius 3 is 2.36 bits per heavy atom. The van der Waals surface area contributed by atoms with E-state index in [-0.39, 0.29) is 5.70 Å². The van der Waals surface area contributed by atoms with E-state index in [0.717, 1.165) is 0 Å². The number of aliphatic carboxylic acids is 1. The van der Waals surface area contributed by atoms with Gasteiger partial charge in [0.25, 0.3) is 0 Å². The van der Waals surface area contributed by atoms with Gasteiger partial charge in [0.1, 0.15) is 5.70 Å². The number of nitrogens with zero attached hydrogens (tertiary/aromatic N) is 2. The molecule has 0 spiro atoms. The van der Waals surface area contributed by atoms with Crippen molar-refractivity contribution < 1.29 is 9.90 Å². The van der Waals surface area contributed by atoms with E-state index in [1.807, 2.05) is 0 Å². The fraction of sp³-hybridized carbons (Fsp3) is 0.429. The standard InChI is InChI=1S/C7H12N2O2/c1-4-6(7(10)11)9(3)8-5-2/h4-5H,1-3H3,(H,10,11)/b6-4+,8-5+. The molecule has 0 saturated heterocycles. The first kappa shape index (κ1) is 9.68. The molecule has 4 heteroatoms. The maximum Gasteiger partial charge on any atom is 0.353 e. The first-order chi connectivity index (χ1) is 5.13. The second-order valence-electron chi connectivity index (χ2n) is 1.88. The molecule has 0 aliphatic rings. The van der Waals surface area contributed by atoms with Crippen molar-refractivity contribution >= 4 is 12.2 Å². The Morgan fingerprint density at radius 1 is 1.55 bits per heavy atom. The lowest BCUT2D eigenvalue weighted by Gasteiger charge is -2.11. The largest absolute Gasteiger partial charge is 0.477 e. The molecule has 0 fully saturated rings. The molecule has 62 valence electrons. The Balaban J connectivity index is 4.40. The average Bonchev–Trinajstić information content (AvgIpc) is 1.88. The molecule has 4 nitrogen and oxygen atoms in total. The Labute approximate surface area is 65.8 Å². The van der Waals surface area contributed by atoms with E-state index >= 15 is 0 Å². The van der Waals surface area contributed by atoms with E-state index < -0.39 is 5.97 Å². The van der Waals surface area contributed by atoms with Crippen LogP contribution in [0.5, 0.6) is 0 Å². The van der Waals surface area contributed by atoms with Gasteiger partial charge in [-0.25, -0.2) is 4.79 Å². The van der Waals surface area contributed by atoms with Crippen LogP contribution in [0.4, 0.5) is 0 Å². The highest BCUT2D eigenvalue weighted by molar-refractivity contribution is 5.85. The molecule has 0 aliphatic carbocycles. The molecule has 0 heterocycles. The van der Waals surface area contributed by atoms with Gasteiger partial charge in [-0.3, -0.25) is 5.01 Å². The molecular formula is C7H12N2O2. The number of carbonyl (C=O) groups is 1. The lowest BCUT2D eigenvalue weighted by atomic mass is 10.4. The molecule has 1 N–H and O–H groups in total. The summed E-state index contributed by atoms with van der Waals surface area (Å²) in [5.41, 5.74) is 0.170. The third-order valence-electron chi connectivity index (χ3n) is 1.13. The zero-order chi connectivity index (χ0) is 8.85. The fourth-order valence-corrected chi connectivity index (χ4v) is 0.684. The van der Waals surface area contributed by atoms with Crippen LogP contribution < -0.4 is 0 Å². The van der Waals surface area contributed by atoms with Crippen LogP contribution in [0.3, 0.4) is 0 Å². The number of likely N-dealkylation sites (N-methyl/N-ethyl adjacent to an activating group) is 1. The smallest absolute Gasteiger partial charge is 0.353 e. The van der Waals surface area contributed by atoms with Gasteiger partial charge in [0.05, 0.1) is 0 Å². The molecule has 0 radical (unpaired) electrons. The predicted octanol–water partition coefficient (Wildman–Crippen LogP) is 0.912. The quantitative estimate of drug-likeness (QED) is 0.375. The molecule has 0 aliphatic heterocycles. The van der Waals surface area contributed by atoms with Gasteiger partial charge in [0.2, 0.25) is 0 Å². The number of allylic oxidation sites excluding steroid dienone is 1. The van der Waals surface area contributed by atoms with Gasteiger partial charge in [-0.1, -0.05) is 6.08 Å². The van der Waals surface area contributed by atoms with Crippen LogP contribution in [0.25, 0.3) is 0 Å². The molecule has 0 aromatic heterocycles. The third-order valence-corrected chi connectivity index (χ3v) is 1.13. The highest BCUT2D eigenvalue weighted by Crippen LogP contribution is 2.00. The third kappa shape index (κ3) is 2.84. The lowest BCUT2D eigenvalue weighted by molar-refractivity contribution is -0.134. The summed E-state index contributed by atoms with van der Waals surface area (Å²) in [5, 5.41) is 13.7. The maximum absolute atomic E-state index is 10.5. The summed E-state index contributed by atoms with van der Waals surface area (Å²) in [5.74, 6) is -0.972. The van der Waals surface area contributed by atoms with Gasteiger partial charge in [0, 0.05) is 13.3 Å². The zero-order valence-corrected chi connectivity index (χ0v) is 6.90. The van der Waals surface area contributed by atoms with Gasteiger partial charge in [-0.05, 0) is 13.8 Å². The van der Waals surface area contributed by atoms with Gasteiger partial charge < -0.3 is 5.11 Å². The van der Waals surface area contributed by atoms with E-state index in [9.17, 15) is 4.79 Å². The monoisotopic (exact) mass is 156 g/mol. The highest BCUT2D eigenvalue weighted by Gasteiger charge is 2.08. The number of hydrogen-bond donors (Lipinski definition) is 1. The van der Waals surface area contributed by atoms with Gasteiger partial charge in [-0.15, -0.1) is 0 Å². The summed E-state index contributed by atoms with van der Waals surface area (Å²) in [7, 11) is 1.59. The normalized spacial score (nSPS) is 12.1. The second-order valence-corrected chi connectivity index (χ2v) is 1.88. The highest BCUT2D eigenvalue weighted by atomic mass is 16.4. The first-order valence-corrected chi connectivity index (χ1v) is 3.25. The van der Waals surface area contributed by atoms with Crippen molar-refractivity contribution in [1.29, 1.82) is 0 Å². The van der Waals surface area contributed by atoms with Crippen LogP contribution in [0.15, 0.2) is 16.9 Å². The Kier molecular flexibility index (Phi) is 3.95. The number of rotatable bonds is 3. The number of carboxylic acids is 1. The SMILES string of the molecule is C/C=N/N(C)/C(=C/C)C(=O)O. The molecule has 0 saturated carbocycles. The molecule has 0 amide bonds. The fourth-order valence-electron chi connectivity index (χ4n) is 0.684. The topological polar surface area (TPSA) is 52.9 Å². The summed E-state index contributed by atoms with van der Waals surface area (Å²) in [4.78, 5) is 10.5. The maximum atomic E-state index is 10.5. The molecular weight excluding hydrogens is 144 g/mol. The molecule has 0 aromatic carbocycles. The van der Waals surface area contributed by atoms with E-state index in [1.165, 1.54) is 17.3 Å². The van der Waals surface area contributed by atoms with E-state index in [0.29, 0.717) is 0 Å². The number of hydrogen-bond acceptors (Lipinski definition) is 3. The second kappa shape index (κ2) is 4.49. The molecule has 0 aromatic rings. The first-order valence-electron chi connectivity index (χ1n) is 3.25. The molecule has 0 rings (SSSR count). The Hall–Kier alpha value is -1.32. The van der Waals surface area contributed by atoms with Crippen LogP contribution in [0, 0.1) is 0 Å². The van der Waals surface area contributed by atoms with E-state index in [4.69, 9.17) is 5.11 Å². The van der Waals surface area contributed by atoms with Crippen LogP contribution >= 0.6 is 0 Å². The van der Waals surface area contributed by atoms with Crippen molar-refractivity contribution in [3.63, 3.8) is 0 Å². The molecule has 0 bridgehead atoms. The lowest BCUT2D eigenvalue weighted by Crippen LogP contribution is -2.17. The van der Waals surface area contributed by atoms with Crippen LogP contribution in [-0.2, 0) is 4.79 Å². The summed E-state index contributed by atoms with van der Waals surface area (Å²) in [6.07, 6.45) is 3.03. The van der Waals surface area contributed by atoms with Crippen LogP contribution in [-0.4, -0.2) is 29.3 Å². The summed E-state index contributed by atoms with van der Waals surface area (Å²) >= 11 is 0. The Bertz CT molecular complexity index is 197.